The summed E-state index contributed by atoms with van der Waals surface area (Å²) >= 11 is 0. The van der Waals surface area contributed by atoms with Crippen LogP contribution in [-0.2, 0) is 21.4 Å². The van der Waals surface area contributed by atoms with Gasteiger partial charge in [-0.15, -0.1) is 0 Å². The molecule has 2 amide bonds. The molecule has 240 valence electrons. The Balaban J connectivity index is 1.42. The molecule has 2 aliphatic heterocycles. The summed E-state index contributed by atoms with van der Waals surface area (Å²) in [4.78, 5) is 32.1. The van der Waals surface area contributed by atoms with Crippen molar-refractivity contribution in [1.29, 1.82) is 0 Å². The van der Waals surface area contributed by atoms with Gasteiger partial charge < -0.3 is 19.1 Å². The van der Waals surface area contributed by atoms with E-state index in [0.29, 0.717) is 24.4 Å². The van der Waals surface area contributed by atoms with Crippen molar-refractivity contribution in [2.24, 2.45) is 5.41 Å². The Kier molecular flexibility index (Phi) is 7.71. The summed E-state index contributed by atoms with van der Waals surface area (Å²) in [5.41, 5.74) is 5.36. The number of ether oxygens (including phenoxy) is 1. The van der Waals surface area contributed by atoms with Crippen LogP contribution in [0.4, 0.5) is 0 Å². The molecule has 2 unspecified atom stereocenters. The van der Waals surface area contributed by atoms with Gasteiger partial charge in [0.2, 0.25) is 15.9 Å². The Morgan fingerprint density at radius 3 is 2.49 bits per heavy atom. The number of methoxy groups -OCH3 is 1. The maximum Gasteiger partial charge on any atom is 0.264 e. The number of aromatic nitrogens is 1. The van der Waals surface area contributed by atoms with Gasteiger partial charge in [-0.3, -0.25) is 9.59 Å². The molecule has 2 aromatic carbocycles. The Bertz CT molecular complexity index is 1770. The lowest BCUT2D eigenvalue weighted by molar-refractivity contribution is -0.139. The number of rotatable bonds is 7. The van der Waals surface area contributed by atoms with E-state index in [4.69, 9.17) is 4.74 Å². The number of fused-ring (bicyclic) bond motifs is 7. The predicted octanol–water partition coefficient (Wildman–Crippen LogP) is 5.10. The summed E-state index contributed by atoms with van der Waals surface area (Å²) in [6.45, 7) is 5.46. The molecular formula is C35H44N4O5S. The summed E-state index contributed by atoms with van der Waals surface area (Å²) in [7, 11) is 0.0585. The van der Waals surface area contributed by atoms with Crippen molar-refractivity contribution in [2.45, 2.75) is 70.3 Å². The molecule has 3 fully saturated rings. The number of carbonyl (C=O) groups is 2. The van der Waals surface area contributed by atoms with E-state index < -0.39 is 21.3 Å². The second-order valence-corrected chi connectivity index (χ2v) is 15.5. The lowest BCUT2D eigenvalue weighted by Crippen LogP contribution is -2.50. The Labute approximate surface area is 265 Å². The number of hydrogen-bond acceptors (Lipinski definition) is 6. The molecule has 3 aromatic rings. The standard InChI is InChI=1S/C35H44N4O5S/c1-4-18-45(42,43)36-33(40)24-10-12-27-30(19-24)39-22-35(34(41)38-16-14-37(2)15-17-38)21-29(35)28-20-25(44-3)11-13-26(28)32(39)31(27)23-8-6-5-7-9-23/h10-13,19-20,23,29H,4-9,14-18,21-22H2,1-3H3,(H,36,40). The average Bonchev–Trinajstić information content (AvgIpc) is 3.71. The van der Waals surface area contributed by atoms with E-state index >= 15 is 0 Å². The highest BCUT2D eigenvalue weighted by atomic mass is 32.2. The number of likely N-dealkylation sites (N-methyl/N-ethyl adjacent to an activating group) is 1. The zero-order valence-electron chi connectivity index (χ0n) is 26.6. The van der Waals surface area contributed by atoms with Crippen LogP contribution >= 0.6 is 0 Å². The van der Waals surface area contributed by atoms with Gasteiger partial charge >= 0.3 is 0 Å². The first-order valence-electron chi connectivity index (χ1n) is 16.5. The van der Waals surface area contributed by atoms with Gasteiger partial charge in [-0.1, -0.05) is 32.3 Å². The molecule has 7 rings (SSSR count). The number of sulfonamides is 1. The second-order valence-electron chi connectivity index (χ2n) is 13.6. The highest BCUT2D eigenvalue weighted by Crippen LogP contribution is 2.66. The van der Waals surface area contributed by atoms with Gasteiger partial charge in [0.15, 0.2) is 0 Å². The van der Waals surface area contributed by atoms with Gasteiger partial charge in [0.25, 0.3) is 5.91 Å². The van der Waals surface area contributed by atoms with Crippen LogP contribution in [0.1, 0.15) is 85.2 Å². The molecule has 2 aliphatic carbocycles. The number of benzene rings is 2. The van der Waals surface area contributed by atoms with E-state index in [1.54, 1.807) is 20.1 Å². The highest BCUT2D eigenvalue weighted by Gasteiger charge is 2.64. The molecule has 0 bridgehead atoms. The van der Waals surface area contributed by atoms with E-state index in [1.165, 1.54) is 30.4 Å². The molecule has 4 aliphatic rings. The van der Waals surface area contributed by atoms with E-state index in [1.807, 2.05) is 18.2 Å². The van der Waals surface area contributed by atoms with Crippen LogP contribution in [-0.4, -0.2) is 80.7 Å². The van der Waals surface area contributed by atoms with Crippen molar-refractivity contribution in [3.8, 4) is 17.0 Å². The minimum Gasteiger partial charge on any atom is -0.497 e. The third kappa shape index (κ3) is 5.23. The highest BCUT2D eigenvalue weighted by molar-refractivity contribution is 7.90. The molecule has 0 spiro atoms. The van der Waals surface area contributed by atoms with E-state index in [-0.39, 0.29) is 17.6 Å². The van der Waals surface area contributed by atoms with E-state index in [9.17, 15) is 18.0 Å². The smallest absolute Gasteiger partial charge is 0.264 e. The minimum atomic E-state index is -3.73. The Morgan fingerprint density at radius 2 is 1.78 bits per heavy atom. The van der Waals surface area contributed by atoms with Crippen LogP contribution in [0, 0.1) is 5.41 Å². The Hall–Kier alpha value is -3.37. The number of hydrogen-bond donors (Lipinski definition) is 1. The third-order valence-electron chi connectivity index (χ3n) is 10.7. The fraction of sp³-hybridized carbons (Fsp3) is 0.543. The minimum absolute atomic E-state index is 0.0783. The monoisotopic (exact) mass is 632 g/mol. The van der Waals surface area contributed by atoms with Crippen molar-refractivity contribution < 1.29 is 22.7 Å². The summed E-state index contributed by atoms with van der Waals surface area (Å²) in [5, 5.41) is 1.09. The normalized spacial score (nSPS) is 23.5. The van der Waals surface area contributed by atoms with Gasteiger partial charge in [0, 0.05) is 60.7 Å². The fourth-order valence-corrected chi connectivity index (χ4v) is 9.31. The van der Waals surface area contributed by atoms with Gasteiger partial charge in [-0.2, -0.15) is 0 Å². The summed E-state index contributed by atoms with van der Waals surface area (Å²) < 4.78 is 35.3. The fourth-order valence-electron chi connectivity index (χ4n) is 8.27. The molecule has 2 atom stereocenters. The maximum atomic E-state index is 14.5. The summed E-state index contributed by atoms with van der Waals surface area (Å²) in [5.74, 6) is 0.725. The maximum absolute atomic E-state index is 14.5. The van der Waals surface area contributed by atoms with Crippen molar-refractivity contribution >= 4 is 32.7 Å². The molecule has 45 heavy (non-hydrogen) atoms. The molecule has 1 saturated heterocycles. The average molecular weight is 633 g/mol. The van der Waals surface area contributed by atoms with E-state index in [2.05, 4.69) is 38.3 Å². The third-order valence-corrected chi connectivity index (χ3v) is 12.2. The molecule has 9 nitrogen and oxygen atoms in total. The number of nitrogens with zero attached hydrogens (tertiary/aromatic N) is 3. The largest absolute Gasteiger partial charge is 0.497 e. The number of carbonyl (C=O) groups excluding carboxylic acids is 2. The topological polar surface area (TPSA) is 101 Å². The van der Waals surface area contributed by atoms with Crippen molar-refractivity contribution in [3.63, 3.8) is 0 Å². The van der Waals surface area contributed by atoms with Gasteiger partial charge in [0.1, 0.15) is 5.75 Å². The molecule has 2 saturated carbocycles. The van der Waals surface area contributed by atoms with Crippen LogP contribution in [0.25, 0.3) is 22.2 Å². The van der Waals surface area contributed by atoms with Crippen molar-refractivity contribution in [1.82, 2.24) is 19.1 Å². The van der Waals surface area contributed by atoms with Gasteiger partial charge in [-0.25, -0.2) is 13.1 Å². The lowest BCUT2D eigenvalue weighted by Gasteiger charge is -2.35. The predicted molar refractivity (Wildman–Crippen MR) is 175 cm³/mol. The number of nitrogens with one attached hydrogen (secondary N) is 1. The van der Waals surface area contributed by atoms with Crippen LogP contribution < -0.4 is 9.46 Å². The first-order valence-corrected chi connectivity index (χ1v) is 18.2. The Morgan fingerprint density at radius 1 is 1.02 bits per heavy atom. The first kappa shape index (κ1) is 30.3. The summed E-state index contributed by atoms with van der Waals surface area (Å²) in [6.07, 6.45) is 6.99. The van der Waals surface area contributed by atoms with Crippen LogP contribution in [0.15, 0.2) is 36.4 Å². The van der Waals surface area contributed by atoms with Gasteiger partial charge in [0.05, 0.1) is 24.0 Å². The van der Waals surface area contributed by atoms with Crippen molar-refractivity contribution in [2.75, 3.05) is 46.1 Å². The zero-order chi connectivity index (χ0) is 31.5. The molecule has 1 aromatic heterocycles. The quantitative estimate of drug-likeness (QED) is 0.389. The molecule has 3 heterocycles. The molecule has 0 radical (unpaired) electrons. The van der Waals surface area contributed by atoms with Crippen LogP contribution in [0.2, 0.25) is 0 Å². The number of piperazine rings is 1. The van der Waals surface area contributed by atoms with Crippen LogP contribution in [0.3, 0.4) is 0 Å². The molecular weight excluding hydrogens is 588 g/mol. The first-order chi connectivity index (χ1) is 21.7. The molecule has 10 heteroatoms. The lowest BCUT2D eigenvalue weighted by atomic mass is 9.81. The summed E-state index contributed by atoms with van der Waals surface area (Å²) in [6, 6.07) is 11.9. The van der Waals surface area contributed by atoms with Crippen LogP contribution in [0.5, 0.6) is 5.75 Å². The SMILES string of the molecule is CCCS(=O)(=O)NC(=O)c1ccc2c(C3CCCCC3)c3n(c2c1)CC1(C(=O)N2CCN(C)CC2)CC1c1cc(OC)ccc1-3. The number of amides is 2. The van der Waals surface area contributed by atoms with E-state index in [0.717, 1.165) is 73.4 Å². The van der Waals surface area contributed by atoms with Gasteiger partial charge in [-0.05, 0) is 80.1 Å². The second kappa shape index (κ2) is 11.5. The zero-order valence-corrected chi connectivity index (χ0v) is 27.4. The molecule has 1 N–H and O–H groups in total. The van der Waals surface area contributed by atoms with Crippen molar-refractivity contribution in [3.05, 3.63) is 53.1 Å².